The lowest BCUT2D eigenvalue weighted by Gasteiger charge is -2.30. The molecule has 0 aliphatic carbocycles. The van der Waals surface area contributed by atoms with E-state index in [0.717, 1.165) is 38.2 Å². The molecule has 1 aromatic heterocycles. The van der Waals surface area contributed by atoms with Crippen molar-refractivity contribution in [2.24, 2.45) is 5.92 Å². The average molecular weight is 249 g/mol. The summed E-state index contributed by atoms with van der Waals surface area (Å²) in [5, 5.41) is 0. The number of esters is 1. The highest BCUT2D eigenvalue weighted by Gasteiger charge is 2.26. The second kappa shape index (κ2) is 6.44. The molecule has 5 heteroatoms. The molecule has 0 bridgehead atoms. The molecule has 0 aromatic carbocycles. The molecule has 0 amide bonds. The third-order valence-electron chi connectivity index (χ3n) is 3.13. The number of hydrogen-bond acceptors (Lipinski definition) is 5. The second-order valence-corrected chi connectivity index (χ2v) is 4.52. The average Bonchev–Trinajstić information content (AvgIpc) is 2.40. The zero-order valence-corrected chi connectivity index (χ0v) is 10.7. The quantitative estimate of drug-likeness (QED) is 0.752. The van der Waals surface area contributed by atoms with Crippen LogP contribution in [0.15, 0.2) is 18.6 Å². The van der Waals surface area contributed by atoms with Crippen LogP contribution < -0.4 is 0 Å². The van der Waals surface area contributed by atoms with Crippen molar-refractivity contribution in [3.05, 3.63) is 24.3 Å². The Morgan fingerprint density at radius 1 is 1.56 bits per heavy atom. The lowest BCUT2D eigenvalue weighted by atomic mass is 9.98. The van der Waals surface area contributed by atoms with Crippen LogP contribution in [0.2, 0.25) is 0 Å². The number of carbonyl (C=O) groups excluding carboxylic acids is 1. The van der Waals surface area contributed by atoms with E-state index in [2.05, 4.69) is 14.9 Å². The molecule has 18 heavy (non-hydrogen) atoms. The molecule has 0 spiro atoms. The van der Waals surface area contributed by atoms with Crippen LogP contribution in [0.25, 0.3) is 0 Å². The summed E-state index contributed by atoms with van der Waals surface area (Å²) in [6, 6.07) is 0. The lowest BCUT2D eigenvalue weighted by Crippen LogP contribution is -2.39. The number of rotatable bonds is 4. The standard InChI is InChI=1S/C13H19N3O2/c1-2-18-13(17)11-4-3-7-16(9-11)10-12-8-14-5-6-15-12/h5-6,8,11H,2-4,7,9-10H2,1H3/t11-/m0/s1. The first-order valence-corrected chi connectivity index (χ1v) is 6.43. The Morgan fingerprint density at radius 2 is 2.44 bits per heavy atom. The van der Waals surface area contributed by atoms with E-state index in [4.69, 9.17) is 4.74 Å². The summed E-state index contributed by atoms with van der Waals surface area (Å²) in [4.78, 5) is 22.3. The molecule has 98 valence electrons. The summed E-state index contributed by atoms with van der Waals surface area (Å²) >= 11 is 0. The van der Waals surface area contributed by atoms with Gasteiger partial charge in [-0.15, -0.1) is 0 Å². The molecule has 2 heterocycles. The van der Waals surface area contributed by atoms with E-state index < -0.39 is 0 Å². The van der Waals surface area contributed by atoms with Crippen molar-refractivity contribution in [3.63, 3.8) is 0 Å². The fraction of sp³-hybridized carbons (Fsp3) is 0.615. The topological polar surface area (TPSA) is 55.3 Å². The van der Waals surface area contributed by atoms with Crippen LogP contribution >= 0.6 is 0 Å². The first-order chi connectivity index (χ1) is 8.79. The maximum atomic E-state index is 11.7. The summed E-state index contributed by atoms with van der Waals surface area (Å²) in [6.07, 6.45) is 7.09. The molecule has 0 N–H and O–H groups in total. The number of likely N-dealkylation sites (tertiary alicyclic amines) is 1. The van der Waals surface area contributed by atoms with Gasteiger partial charge in [-0.25, -0.2) is 0 Å². The summed E-state index contributed by atoms with van der Waals surface area (Å²) in [5.41, 5.74) is 0.946. The highest BCUT2D eigenvalue weighted by Crippen LogP contribution is 2.19. The summed E-state index contributed by atoms with van der Waals surface area (Å²) < 4.78 is 5.09. The van der Waals surface area contributed by atoms with Gasteiger partial charge in [-0.2, -0.15) is 0 Å². The van der Waals surface area contributed by atoms with Gasteiger partial charge in [0, 0.05) is 31.7 Å². The minimum atomic E-state index is -0.0682. The highest BCUT2D eigenvalue weighted by atomic mass is 16.5. The summed E-state index contributed by atoms with van der Waals surface area (Å²) in [7, 11) is 0. The van der Waals surface area contributed by atoms with E-state index in [-0.39, 0.29) is 11.9 Å². The van der Waals surface area contributed by atoms with Gasteiger partial charge in [0.25, 0.3) is 0 Å². The van der Waals surface area contributed by atoms with Crippen molar-refractivity contribution < 1.29 is 9.53 Å². The molecule has 0 radical (unpaired) electrons. The highest BCUT2D eigenvalue weighted by molar-refractivity contribution is 5.72. The van der Waals surface area contributed by atoms with Gasteiger partial charge in [0.05, 0.1) is 18.2 Å². The fourth-order valence-electron chi connectivity index (χ4n) is 2.29. The van der Waals surface area contributed by atoms with Gasteiger partial charge in [-0.05, 0) is 26.3 Å². The normalized spacial score (nSPS) is 20.6. The van der Waals surface area contributed by atoms with E-state index >= 15 is 0 Å². The molecule has 0 unspecified atom stereocenters. The Hall–Kier alpha value is -1.49. The molecule has 1 saturated heterocycles. The Kier molecular flexibility index (Phi) is 4.64. The predicted molar refractivity (Wildman–Crippen MR) is 66.7 cm³/mol. The maximum Gasteiger partial charge on any atom is 0.310 e. The Labute approximate surface area is 107 Å². The van der Waals surface area contributed by atoms with Crippen molar-refractivity contribution in [1.82, 2.24) is 14.9 Å². The van der Waals surface area contributed by atoms with Gasteiger partial charge >= 0.3 is 5.97 Å². The summed E-state index contributed by atoms with van der Waals surface area (Å²) in [6.45, 7) is 4.82. The maximum absolute atomic E-state index is 11.7. The molecule has 2 rings (SSSR count). The third kappa shape index (κ3) is 3.50. The van der Waals surface area contributed by atoms with Gasteiger partial charge in [0.1, 0.15) is 0 Å². The molecule has 0 saturated carbocycles. The zero-order valence-electron chi connectivity index (χ0n) is 10.7. The van der Waals surface area contributed by atoms with Gasteiger partial charge in [-0.3, -0.25) is 19.7 Å². The number of ether oxygens (including phenoxy) is 1. The molecule has 5 nitrogen and oxygen atoms in total. The van der Waals surface area contributed by atoms with Crippen LogP contribution in [0.3, 0.4) is 0 Å². The van der Waals surface area contributed by atoms with Crippen LogP contribution in [0, 0.1) is 5.92 Å². The van der Waals surface area contributed by atoms with E-state index in [0.29, 0.717) is 6.61 Å². The van der Waals surface area contributed by atoms with E-state index in [1.165, 1.54) is 0 Å². The second-order valence-electron chi connectivity index (χ2n) is 4.52. The van der Waals surface area contributed by atoms with Crippen LogP contribution in [0.5, 0.6) is 0 Å². The van der Waals surface area contributed by atoms with Crippen molar-refractivity contribution in [2.45, 2.75) is 26.3 Å². The molecular weight excluding hydrogens is 230 g/mol. The van der Waals surface area contributed by atoms with Crippen LogP contribution in [-0.4, -0.2) is 40.5 Å². The van der Waals surface area contributed by atoms with Crippen molar-refractivity contribution in [3.8, 4) is 0 Å². The molecule has 1 aromatic rings. The minimum absolute atomic E-state index is 0.00960. The molecule has 1 aliphatic rings. The fourth-order valence-corrected chi connectivity index (χ4v) is 2.29. The Balaban J connectivity index is 1.89. The summed E-state index contributed by atoms with van der Waals surface area (Å²) in [5.74, 6) is -0.0586. The zero-order chi connectivity index (χ0) is 12.8. The lowest BCUT2D eigenvalue weighted by molar-refractivity contribution is -0.150. The largest absolute Gasteiger partial charge is 0.466 e. The molecule has 1 atom stereocenters. The monoisotopic (exact) mass is 249 g/mol. The number of carbonyl (C=O) groups is 1. The van der Waals surface area contributed by atoms with Gasteiger partial charge in [0.2, 0.25) is 0 Å². The Bertz CT molecular complexity index is 383. The first kappa shape index (κ1) is 13.0. The Morgan fingerprint density at radius 3 is 3.17 bits per heavy atom. The van der Waals surface area contributed by atoms with E-state index in [1.807, 2.05) is 6.92 Å². The number of nitrogens with zero attached hydrogens (tertiary/aromatic N) is 3. The first-order valence-electron chi connectivity index (χ1n) is 6.43. The SMILES string of the molecule is CCOC(=O)[C@H]1CCCN(Cc2cnccn2)C1. The van der Waals surface area contributed by atoms with Crippen LogP contribution in [0.4, 0.5) is 0 Å². The van der Waals surface area contributed by atoms with E-state index in [1.54, 1.807) is 18.6 Å². The van der Waals surface area contributed by atoms with Crippen molar-refractivity contribution in [1.29, 1.82) is 0 Å². The van der Waals surface area contributed by atoms with Crippen LogP contribution in [-0.2, 0) is 16.1 Å². The minimum Gasteiger partial charge on any atom is -0.466 e. The van der Waals surface area contributed by atoms with Gasteiger partial charge in [0.15, 0.2) is 0 Å². The number of piperidine rings is 1. The van der Waals surface area contributed by atoms with Crippen LogP contribution in [0.1, 0.15) is 25.5 Å². The third-order valence-corrected chi connectivity index (χ3v) is 3.13. The molecule has 1 fully saturated rings. The predicted octanol–water partition coefficient (Wildman–Crippen LogP) is 1.25. The molecular formula is C13H19N3O2. The number of aromatic nitrogens is 2. The van der Waals surface area contributed by atoms with Crippen molar-refractivity contribution >= 4 is 5.97 Å². The smallest absolute Gasteiger partial charge is 0.310 e. The molecule has 1 aliphatic heterocycles. The number of hydrogen-bond donors (Lipinski definition) is 0. The van der Waals surface area contributed by atoms with Gasteiger partial charge < -0.3 is 4.74 Å². The van der Waals surface area contributed by atoms with Gasteiger partial charge in [-0.1, -0.05) is 0 Å². The van der Waals surface area contributed by atoms with Crippen molar-refractivity contribution in [2.75, 3.05) is 19.7 Å². The van der Waals surface area contributed by atoms with E-state index in [9.17, 15) is 4.79 Å².